The molecule has 0 spiro atoms. The van der Waals surface area contributed by atoms with Crippen molar-refractivity contribution in [1.82, 2.24) is 10.6 Å². The van der Waals surface area contributed by atoms with Crippen LogP contribution in [-0.2, 0) is 9.59 Å². The van der Waals surface area contributed by atoms with Crippen molar-refractivity contribution in [3.05, 3.63) is 65.7 Å². The Bertz CT molecular complexity index is 804. The summed E-state index contributed by atoms with van der Waals surface area (Å²) in [6.07, 6.45) is 0.538. The van der Waals surface area contributed by atoms with E-state index in [1.54, 1.807) is 24.3 Å². The summed E-state index contributed by atoms with van der Waals surface area (Å²) in [6.45, 7) is 5.81. The molecule has 0 bridgehead atoms. The average Bonchev–Trinajstić information content (AvgIpc) is 2.67. The fourth-order valence-corrected chi connectivity index (χ4v) is 3.38. The van der Waals surface area contributed by atoms with E-state index in [1.165, 1.54) is 0 Å². The monoisotopic (exact) mass is 398 g/mol. The Labute approximate surface area is 170 Å². The molecule has 0 radical (unpaired) electrons. The zero-order valence-electron chi connectivity index (χ0n) is 16.4. The molecule has 0 unspecified atom stereocenters. The molecule has 2 rings (SSSR count). The number of amides is 2. The summed E-state index contributed by atoms with van der Waals surface area (Å²) in [5.41, 5.74) is 1.61. The minimum Gasteiger partial charge on any atom is -0.344 e. The first kappa shape index (κ1) is 21.7. The lowest BCUT2D eigenvalue weighted by Gasteiger charge is -2.19. The van der Waals surface area contributed by atoms with Crippen molar-refractivity contribution in [2.75, 3.05) is 6.54 Å². The van der Waals surface area contributed by atoms with Gasteiger partial charge in [-0.3, -0.25) is 14.4 Å². The zero-order valence-corrected chi connectivity index (χ0v) is 17.2. The lowest BCUT2D eigenvalue weighted by atomic mass is 10.0. The normalized spacial score (nSPS) is 11.7. The van der Waals surface area contributed by atoms with Gasteiger partial charge >= 0.3 is 0 Å². The molecular weight excluding hydrogens is 372 g/mol. The number of rotatable bonds is 8. The molecule has 0 aliphatic rings. The maximum atomic E-state index is 12.7. The van der Waals surface area contributed by atoms with E-state index in [2.05, 4.69) is 10.6 Å². The highest BCUT2D eigenvalue weighted by molar-refractivity contribution is 8.13. The maximum Gasteiger partial charge on any atom is 0.251 e. The van der Waals surface area contributed by atoms with Gasteiger partial charge in [0.25, 0.3) is 5.91 Å². The molecule has 2 aromatic rings. The first-order valence-corrected chi connectivity index (χ1v) is 10.1. The summed E-state index contributed by atoms with van der Waals surface area (Å²) in [5, 5.41) is 5.23. The average molecular weight is 399 g/mol. The number of hydrogen-bond acceptors (Lipinski definition) is 4. The van der Waals surface area contributed by atoms with Gasteiger partial charge in [0.1, 0.15) is 0 Å². The third-order valence-corrected chi connectivity index (χ3v) is 5.01. The summed E-state index contributed by atoms with van der Waals surface area (Å²) in [5.74, 6) is -0.462. The molecule has 0 aliphatic carbocycles. The molecule has 28 heavy (non-hydrogen) atoms. The highest BCUT2D eigenvalue weighted by Gasteiger charge is 2.23. The Kier molecular flexibility index (Phi) is 8.26. The van der Waals surface area contributed by atoms with Gasteiger partial charge in [-0.1, -0.05) is 49.7 Å². The smallest absolute Gasteiger partial charge is 0.251 e. The van der Waals surface area contributed by atoms with Crippen LogP contribution in [0.4, 0.5) is 0 Å². The minimum absolute atomic E-state index is 0.111. The molecule has 2 amide bonds. The molecule has 0 heterocycles. The van der Waals surface area contributed by atoms with Gasteiger partial charge < -0.3 is 10.6 Å². The van der Waals surface area contributed by atoms with E-state index < -0.39 is 6.04 Å². The van der Waals surface area contributed by atoms with E-state index in [0.717, 1.165) is 22.2 Å². The zero-order chi connectivity index (χ0) is 20.5. The fraction of sp³-hybridized carbons (Fsp3) is 0.318. The van der Waals surface area contributed by atoms with Crippen LogP contribution >= 0.6 is 11.8 Å². The van der Waals surface area contributed by atoms with Crippen LogP contribution in [0.1, 0.15) is 36.2 Å². The molecule has 0 fully saturated rings. The number of carbonyl (C=O) groups excluding carboxylic acids is 3. The van der Waals surface area contributed by atoms with Crippen LogP contribution in [0, 0.1) is 12.8 Å². The van der Waals surface area contributed by atoms with Crippen molar-refractivity contribution >= 4 is 28.7 Å². The van der Waals surface area contributed by atoms with E-state index in [9.17, 15) is 14.4 Å². The van der Waals surface area contributed by atoms with Crippen LogP contribution in [0.15, 0.2) is 59.5 Å². The van der Waals surface area contributed by atoms with Crippen LogP contribution in [-0.4, -0.2) is 29.5 Å². The Morgan fingerprint density at radius 2 is 1.61 bits per heavy atom. The molecule has 0 saturated carbocycles. The van der Waals surface area contributed by atoms with Crippen LogP contribution in [0.25, 0.3) is 0 Å². The molecule has 2 N–H and O–H groups in total. The number of aryl methyl sites for hydroxylation is 1. The third-order valence-electron chi connectivity index (χ3n) is 4.01. The molecule has 2 aromatic carbocycles. The van der Waals surface area contributed by atoms with Crippen molar-refractivity contribution in [3.8, 4) is 0 Å². The van der Waals surface area contributed by atoms with E-state index in [-0.39, 0.29) is 29.4 Å². The molecule has 5 nitrogen and oxygen atoms in total. The van der Waals surface area contributed by atoms with Crippen molar-refractivity contribution in [2.45, 2.75) is 38.1 Å². The van der Waals surface area contributed by atoms with Crippen LogP contribution in [0.2, 0.25) is 0 Å². The summed E-state index contributed by atoms with van der Waals surface area (Å²) in [4.78, 5) is 37.9. The minimum atomic E-state index is -0.604. The van der Waals surface area contributed by atoms with E-state index >= 15 is 0 Å². The highest BCUT2D eigenvalue weighted by Crippen LogP contribution is 2.22. The number of benzene rings is 2. The third kappa shape index (κ3) is 7.19. The van der Waals surface area contributed by atoms with Crippen molar-refractivity contribution in [3.63, 3.8) is 0 Å². The lowest BCUT2D eigenvalue weighted by molar-refractivity contribution is -0.124. The molecule has 0 aliphatic heterocycles. The fourth-order valence-electron chi connectivity index (χ4n) is 2.58. The number of carbonyl (C=O) groups is 3. The molecule has 148 valence electrons. The number of nitrogens with one attached hydrogen (secondary N) is 2. The second kappa shape index (κ2) is 10.7. The molecule has 1 atom stereocenters. The van der Waals surface area contributed by atoms with Crippen molar-refractivity contribution in [2.24, 2.45) is 5.92 Å². The van der Waals surface area contributed by atoms with Gasteiger partial charge in [-0.05, 0) is 55.3 Å². The van der Waals surface area contributed by atoms with Crippen LogP contribution in [0.5, 0.6) is 0 Å². The largest absolute Gasteiger partial charge is 0.344 e. The first-order valence-electron chi connectivity index (χ1n) is 9.26. The van der Waals surface area contributed by atoms with E-state index in [1.807, 2.05) is 51.1 Å². The van der Waals surface area contributed by atoms with Gasteiger partial charge in [0, 0.05) is 10.5 Å². The van der Waals surface area contributed by atoms with Crippen LogP contribution in [0.3, 0.4) is 0 Å². The standard InChI is InChI=1S/C22H26N2O3S/c1-15(2)13-19(22(27)28-18-11-9-16(3)10-12-18)24-20(25)14-23-21(26)17-7-5-4-6-8-17/h4-12,15,19H,13-14H2,1-3H3,(H,23,26)(H,24,25)/t19-/m0/s1. The van der Waals surface area contributed by atoms with E-state index in [0.29, 0.717) is 12.0 Å². The topological polar surface area (TPSA) is 75.3 Å². The SMILES string of the molecule is Cc1ccc(SC(=O)[C@H](CC(C)C)NC(=O)CNC(=O)c2ccccc2)cc1. The second-order valence-corrected chi connectivity index (χ2v) is 8.11. The van der Waals surface area contributed by atoms with Gasteiger partial charge in [-0.25, -0.2) is 0 Å². The predicted molar refractivity (Wildman–Crippen MR) is 112 cm³/mol. The van der Waals surface area contributed by atoms with Crippen molar-refractivity contribution in [1.29, 1.82) is 0 Å². The lowest BCUT2D eigenvalue weighted by Crippen LogP contribution is -2.45. The van der Waals surface area contributed by atoms with Crippen molar-refractivity contribution < 1.29 is 14.4 Å². The predicted octanol–water partition coefficient (Wildman–Crippen LogP) is 3.57. The van der Waals surface area contributed by atoms with Crippen LogP contribution < -0.4 is 10.6 Å². The number of thioether (sulfide) groups is 1. The molecular formula is C22H26N2O3S. The second-order valence-electron chi connectivity index (χ2n) is 7.03. The summed E-state index contributed by atoms with van der Waals surface area (Å²) in [7, 11) is 0. The summed E-state index contributed by atoms with van der Waals surface area (Å²) < 4.78 is 0. The molecule has 0 saturated heterocycles. The Morgan fingerprint density at radius 3 is 2.21 bits per heavy atom. The van der Waals surface area contributed by atoms with Gasteiger partial charge in [-0.15, -0.1) is 0 Å². The number of hydrogen-bond donors (Lipinski definition) is 2. The van der Waals surface area contributed by atoms with Gasteiger partial charge in [0.15, 0.2) is 0 Å². The quantitative estimate of drug-likeness (QED) is 0.667. The Morgan fingerprint density at radius 1 is 0.964 bits per heavy atom. The Hall–Kier alpha value is -2.60. The Balaban J connectivity index is 1.92. The highest BCUT2D eigenvalue weighted by atomic mass is 32.2. The molecule has 6 heteroatoms. The summed E-state index contributed by atoms with van der Waals surface area (Å²) in [6, 6.07) is 15.8. The summed E-state index contributed by atoms with van der Waals surface area (Å²) >= 11 is 1.12. The maximum absolute atomic E-state index is 12.7. The molecule has 0 aromatic heterocycles. The first-order chi connectivity index (χ1) is 13.3. The van der Waals surface area contributed by atoms with E-state index in [4.69, 9.17) is 0 Å². The van der Waals surface area contributed by atoms with Gasteiger partial charge in [-0.2, -0.15) is 0 Å². The van der Waals surface area contributed by atoms with Gasteiger partial charge in [0.2, 0.25) is 11.0 Å². The van der Waals surface area contributed by atoms with Gasteiger partial charge in [0.05, 0.1) is 12.6 Å².